The highest BCUT2D eigenvalue weighted by Crippen LogP contribution is 2.35. The Labute approximate surface area is 241 Å². The van der Waals surface area contributed by atoms with Gasteiger partial charge in [-0.05, 0) is 62.2 Å². The van der Waals surface area contributed by atoms with Crippen LogP contribution in [0, 0.1) is 26.6 Å². The first kappa shape index (κ1) is 28.1. The van der Waals surface area contributed by atoms with Crippen molar-refractivity contribution in [3.8, 4) is 11.5 Å². The van der Waals surface area contributed by atoms with Crippen molar-refractivity contribution in [1.29, 1.82) is 0 Å². The van der Waals surface area contributed by atoms with E-state index in [2.05, 4.69) is 15.3 Å². The SMILES string of the molecule is Cc1ccc(CN(C(=O)CSc2nc(C)cc(C)n2)C(C(=O)Nc2ccc3c(c2)OCO3)c2ccc(F)cc2)cc1. The number of hydrogen-bond donors (Lipinski definition) is 1. The van der Waals surface area contributed by atoms with Crippen LogP contribution >= 0.6 is 11.8 Å². The summed E-state index contributed by atoms with van der Waals surface area (Å²) in [6.07, 6.45) is 0. The molecule has 1 aliphatic rings. The maximum atomic E-state index is 13.9. The third-order valence-corrected chi connectivity index (χ3v) is 7.30. The molecule has 1 unspecified atom stereocenters. The fraction of sp³-hybridized carbons (Fsp3) is 0.226. The molecule has 0 saturated carbocycles. The van der Waals surface area contributed by atoms with Crippen molar-refractivity contribution >= 4 is 29.3 Å². The smallest absolute Gasteiger partial charge is 0.251 e. The summed E-state index contributed by atoms with van der Waals surface area (Å²) in [5, 5.41) is 3.39. The molecule has 1 atom stereocenters. The van der Waals surface area contributed by atoms with E-state index in [9.17, 15) is 14.0 Å². The lowest BCUT2D eigenvalue weighted by molar-refractivity contribution is -0.137. The molecule has 41 heavy (non-hydrogen) atoms. The molecule has 0 fully saturated rings. The lowest BCUT2D eigenvalue weighted by atomic mass is 10.0. The normalized spacial score (nSPS) is 12.6. The fourth-order valence-corrected chi connectivity index (χ4v) is 5.32. The average molecular weight is 573 g/mol. The summed E-state index contributed by atoms with van der Waals surface area (Å²) in [5.74, 6) is -0.0952. The van der Waals surface area contributed by atoms with Crippen molar-refractivity contribution in [2.24, 2.45) is 0 Å². The lowest BCUT2D eigenvalue weighted by Gasteiger charge is -2.31. The molecule has 4 aromatic rings. The van der Waals surface area contributed by atoms with Gasteiger partial charge in [0.25, 0.3) is 5.91 Å². The fourth-order valence-electron chi connectivity index (χ4n) is 4.48. The Balaban J connectivity index is 1.48. The maximum Gasteiger partial charge on any atom is 0.251 e. The van der Waals surface area contributed by atoms with Crippen LogP contribution in [0.25, 0.3) is 0 Å². The summed E-state index contributed by atoms with van der Waals surface area (Å²) in [6, 6.07) is 19.2. The van der Waals surface area contributed by atoms with Crippen LogP contribution in [-0.4, -0.2) is 39.2 Å². The van der Waals surface area contributed by atoms with Gasteiger partial charge in [-0.25, -0.2) is 14.4 Å². The zero-order chi connectivity index (χ0) is 28.9. The number of ether oxygens (including phenoxy) is 2. The number of rotatable bonds is 9. The van der Waals surface area contributed by atoms with Crippen molar-refractivity contribution in [2.45, 2.75) is 38.5 Å². The Hall–Kier alpha value is -4.44. The quantitative estimate of drug-likeness (QED) is 0.201. The van der Waals surface area contributed by atoms with Gasteiger partial charge < -0.3 is 19.7 Å². The minimum absolute atomic E-state index is 0.00372. The number of nitrogens with zero attached hydrogens (tertiary/aromatic N) is 3. The minimum Gasteiger partial charge on any atom is -0.454 e. The van der Waals surface area contributed by atoms with Gasteiger partial charge in [0.15, 0.2) is 16.7 Å². The highest BCUT2D eigenvalue weighted by Gasteiger charge is 2.32. The van der Waals surface area contributed by atoms with Gasteiger partial charge in [-0.15, -0.1) is 0 Å². The van der Waals surface area contributed by atoms with Crippen LogP contribution < -0.4 is 14.8 Å². The van der Waals surface area contributed by atoms with E-state index in [1.807, 2.05) is 51.1 Å². The van der Waals surface area contributed by atoms with Crippen LogP contribution in [0.5, 0.6) is 11.5 Å². The second kappa shape index (κ2) is 12.4. The van der Waals surface area contributed by atoms with Gasteiger partial charge >= 0.3 is 0 Å². The Morgan fingerprint density at radius 2 is 1.61 bits per heavy atom. The van der Waals surface area contributed by atoms with Gasteiger partial charge in [0.2, 0.25) is 12.7 Å². The molecule has 2 heterocycles. The first-order chi connectivity index (χ1) is 19.7. The molecular formula is C31H29FN4O4S. The number of anilines is 1. The molecule has 10 heteroatoms. The van der Waals surface area contributed by atoms with Crippen molar-refractivity contribution < 1.29 is 23.5 Å². The van der Waals surface area contributed by atoms with Gasteiger partial charge in [0, 0.05) is 29.7 Å². The topological polar surface area (TPSA) is 93.7 Å². The molecule has 2 amide bonds. The Bertz CT molecular complexity index is 1540. The molecule has 1 N–H and O–H groups in total. The van der Waals surface area contributed by atoms with E-state index in [1.165, 1.54) is 40.9 Å². The number of carbonyl (C=O) groups is 2. The van der Waals surface area contributed by atoms with Crippen molar-refractivity contribution in [3.05, 3.63) is 107 Å². The van der Waals surface area contributed by atoms with Gasteiger partial charge in [-0.1, -0.05) is 53.7 Å². The summed E-state index contributed by atoms with van der Waals surface area (Å²) in [4.78, 5) is 38.2. The second-order valence-electron chi connectivity index (χ2n) is 9.74. The Morgan fingerprint density at radius 3 is 2.32 bits per heavy atom. The van der Waals surface area contributed by atoms with E-state index in [4.69, 9.17) is 9.47 Å². The number of benzene rings is 3. The molecule has 0 bridgehead atoms. The summed E-state index contributed by atoms with van der Waals surface area (Å²) in [5.41, 5.74) is 4.47. The third-order valence-electron chi connectivity index (χ3n) is 6.47. The van der Waals surface area contributed by atoms with Crippen molar-refractivity contribution in [3.63, 3.8) is 0 Å². The van der Waals surface area contributed by atoms with Crippen LogP contribution in [0.3, 0.4) is 0 Å². The average Bonchev–Trinajstić information content (AvgIpc) is 3.41. The van der Waals surface area contributed by atoms with Crippen LogP contribution in [0.1, 0.15) is 34.1 Å². The first-order valence-corrected chi connectivity index (χ1v) is 14.0. The minimum atomic E-state index is -1.06. The standard InChI is InChI=1S/C31H29FN4O4S/c1-19-4-6-22(7-5-19)16-36(28(37)17-41-31-33-20(2)14-21(3)34-31)29(23-8-10-24(32)11-9-23)30(38)35-25-12-13-26-27(15-25)40-18-39-26/h4-15,29H,16-18H2,1-3H3,(H,35,38). The molecule has 0 aliphatic carbocycles. The number of nitrogens with one attached hydrogen (secondary N) is 1. The van der Waals surface area contributed by atoms with Crippen LogP contribution in [0.4, 0.5) is 10.1 Å². The largest absolute Gasteiger partial charge is 0.454 e. The van der Waals surface area contributed by atoms with Gasteiger partial charge in [-0.3, -0.25) is 9.59 Å². The summed E-state index contributed by atoms with van der Waals surface area (Å²) < 4.78 is 24.7. The van der Waals surface area contributed by atoms with Gasteiger partial charge in [0.05, 0.1) is 5.75 Å². The maximum absolute atomic E-state index is 13.9. The van der Waals surface area contributed by atoms with Gasteiger partial charge in [-0.2, -0.15) is 0 Å². The molecule has 0 saturated heterocycles. The highest BCUT2D eigenvalue weighted by molar-refractivity contribution is 7.99. The Morgan fingerprint density at radius 1 is 0.927 bits per heavy atom. The predicted octanol–water partition coefficient (Wildman–Crippen LogP) is 5.77. The van der Waals surface area contributed by atoms with Crippen LogP contribution in [0.15, 0.2) is 78.0 Å². The monoisotopic (exact) mass is 572 g/mol. The number of aryl methyl sites for hydroxylation is 3. The molecule has 1 aliphatic heterocycles. The zero-order valence-corrected chi connectivity index (χ0v) is 23.7. The first-order valence-electron chi connectivity index (χ1n) is 13.0. The molecule has 0 spiro atoms. The van der Waals surface area contributed by atoms with E-state index in [1.54, 1.807) is 18.2 Å². The number of halogens is 1. The number of amides is 2. The van der Waals surface area contributed by atoms with Crippen molar-refractivity contribution in [2.75, 3.05) is 17.9 Å². The molecule has 0 radical (unpaired) electrons. The summed E-state index contributed by atoms with van der Waals surface area (Å²) >= 11 is 1.21. The van der Waals surface area contributed by atoms with E-state index in [-0.39, 0.29) is 25.0 Å². The van der Waals surface area contributed by atoms with Crippen molar-refractivity contribution in [1.82, 2.24) is 14.9 Å². The molecule has 5 rings (SSSR count). The van der Waals surface area contributed by atoms with Gasteiger partial charge in [0.1, 0.15) is 11.9 Å². The molecule has 1 aromatic heterocycles. The third kappa shape index (κ3) is 7.01. The molecule has 210 valence electrons. The van der Waals surface area contributed by atoms with Crippen LogP contribution in [-0.2, 0) is 16.1 Å². The number of thioether (sulfide) groups is 1. The van der Waals surface area contributed by atoms with E-state index in [0.29, 0.717) is 27.9 Å². The van der Waals surface area contributed by atoms with E-state index >= 15 is 0 Å². The summed E-state index contributed by atoms with van der Waals surface area (Å²) in [7, 11) is 0. The molecule has 8 nitrogen and oxygen atoms in total. The number of carbonyl (C=O) groups excluding carboxylic acids is 2. The number of fused-ring (bicyclic) bond motifs is 1. The molecule has 3 aromatic carbocycles. The highest BCUT2D eigenvalue weighted by atomic mass is 32.2. The second-order valence-corrected chi connectivity index (χ2v) is 10.7. The number of hydrogen-bond acceptors (Lipinski definition) is 7. The summed E-state index contributed by atoms with van der Waals surface area (Å²) in [6.45, 7) is 5.98. The van der Waals surface area contributed by atoms with Crippen LogP contribution in [0.2, 0.25) is 0 Å². The predicted molar refractivity (Wildman–Crippen MR) is 154 cm³/mol. The zero-order valence-electron chi connectivity index (χ0n) is 22.9. The number of aromatic nitrogens is 2. The van der Waals surface area contributed by atoms with E-state index in [0.717, 1.165) is 22.5 Å². The molecular weight excluding hydrogens is 543 g/mol. The van der Waals surface area contributed by atoms with E-state index < -0.39 is 17.8 Å². The Kier molecular flexibility index (Phi) is 8.49. The lowest BCUT2D eigenvalue weighted by Crippen LogP contribution is -2.41.